The van der Waals surface area contributed by atoms with Crippen LogP contribution in [0.25, 0.3) is 0 Å². The molecule has 20 heavy (non-hydrogen) atoms. The molecule has 0 bridgehead atoms. The third-order valence-electron chi connectivity index (χ3n) is 3.35. The van der Waals surface area contributed by atoms with Gasteiger partial charge in [0.1, 0.15) is 11.8 Å². The Balaban J connectivity index is 1.81. The number of nitrogens with one attached hydrogen (secondary N) is 1. The zero-order chi connectivity index (χ0) is 14.5. The number of ether oxygens (including phenoxy) is 1. The van der Waals surface area contributed by atoms with E-state index in [0.717, 1.165) is 12.8 Å². The molecule has 1 saturated heterocycles. The van der Waals surface area contributed by atoms with E-state index >= 15 is 0 Å². The van der Waals surface area contributed by atoms with Crippen LogP contribution in [-0.4, -0.2) is 47.8 Å². The van der Waals surface area contributed by atoms with Crippen molar-refractivity contribution >= 4 is 12.0 Å². The monoisotopic (exact) mass is 281 g/mol. The molecule has 7 nitrogen and oxygen atoms in total. The number of hydrogen-bond acceptors (Lipinski definition) is 5. The maximum atomic E-state index is 12.0. The Morgan fingerprint density at radius 3 is 2.75 bits per heavy atom. The van der Waals surface area contributed by atoms with E-state index in [4.69, 9.17) is 9.26 Å². The van der Waals surface area contributed by atoms with Crippen LogP contribution in [0.15, 0.2) is 10.8 Å². The van der Waals surface area contributed by atoms with Gasteiger partial charge in [0, 0.05) is 19.1 Å². The molecule has 1 fully saturated rings. The molecule has 0 unspecified atom stereocenters. The molecule has 1 aromatic heterocycles. The SMILES string of the molecule is CCOC(=O)N1CCC(NC(=O)c2conc2C)CC1. The standard InChI is InChI=1S/C13H19N3O4/c1-3-19-13(18)16-6-4-10(5-7-16)14-12(17)11-8-20-15-9(11)2/h8,10H,3-7H2,1-2H3,(H,14,17). The molecule has 0 atom stereocenters. The fourth-order valence-electron chi connectivity index (χ4n) is 2.19. The third kappa shape index (κ3) is 3.28. The number of hydrogen-bond donors (Lipinski definition) is 1. The van der Waals surface area contributed by atoms with Gasteiger partial charge in [-0.2, -0.15) is 0 Å². The van der Waals surface area contributed by atoms with Gasteiger partial charge in [-0.3, -0.25) is 4.79 Å². The number of likely N-dealkylation sites (tertiary alicyclic amines) is 1. The lowest BCUT2D eigenvalue weighted by Crippen LogP contribution is -2.46. The molecule has 7 heteroatoms. The third-order valence-corrected chi connectivity index (χ3v) is 3.35. The average Bonchev–Trinajstić information content (AvgIpc) is 2.86. The quantitative estimate of drug-likeness (QED) is 0.903. The number of rotatable bonds is 3. The van der Waals surface area contributed by atoms with E-state index in [0.29, 0.717) is 31.0 Å². The summed E-state index contributed by atoms with van der Waals surface area (Å²) in [6, 6.07) is 0.0578. The molecule has 1 aliphatic rings. The molecule has 110 valence electrons. The van der Waals surface area contributed by atoms with Gasteiger partial charge in [-0.15, -0.1) is 0 Å². The highest BCUT2D eigenvalue weighted by Crippen LogP contribution is 2.13. The highest BCUT2D eigenvalue weighted by molar-refractivity contribution is 5.94. The second-order valence-electron chi connectivity index (χ2n) is 4.75. The van der Waals surface area contributed by atoms with Crippen molar-refractivity contribution in [2.75, 3.05) is 19.7 Å². The summed E-state index contributed by atoms with van der Waals surface area (Å²) >= 11 is 0. The lowest BCUT2D eigenvalue weighted by atomic mass is 10.0. The lowest BCUT2D eigenvalue weighted by molar-refractivity contribution is 0.0859. The molecule has 2 heterocycles. The van der Waals surface area contributed by atoms with Crippen LogP contribution in [0.5, 0.6) is 0 Å². The zero-order valence-electron chi connectivity index (χ0n) is 11.7. The van der Waals surface area contributed by atoms with E-state index in [1.807, 2.05) is 0 Å². The van der Waals surface area contributed by atoms with Gasteiger partial charge < -0.3 is 19.5 Å². The summed E-state index contributed by atoms with van der Waals surface area (Å²) in [6.07, 6.45) is 2.49. The molecular weight excluding hydrogens is 262 g/mol. The number of piperidine rings is 1. The Kier molecular flexibility index (Phi) is 4.60. The summed E-state index contributed by atoms with van der Waals surface area (Å²) in [5.41, 5.74) is 1.03. The molecule has 0 aliphatic carbocycles. The van der Waals surface area contributed by atoms with E-state index in [2.05, 4.69) is 10.5 Å². The maximum absolute atomic E-state index is 12.0. The van der Waals surface area contributed by atoms with Gasteiger partial charge in [0.25, 0.3) is 5.91 Å². The van der Waals surface area contributed by atoms with Crippen LogP contribution in [0.1, 0.15) is 35.8 Å². The summed E-state index contributed by atoms with van der Waals surface area (Å²) in [6.45, 7) is 5.06. The smallest absolute Gasteiger partial charge is 0.409 e. The Bertz CT molecular complexity index is 478. The van der Waals surface area contributed by atoms with Gasteiger partial charge in [0.05, 0.1) is 12.3 Å². The van der Waals surface area contributed by atoms with Crippen molar-refractivity contribution in [3.8, 4) is 0 Å². The van der Waals surface area contributed by atoms with Gasteiger partial charge in [-0.25, -0.2) is 4.79 Å². The van der Waals surface area contributed by atoms with Crippen molar-refractivity contribution in [1.29, 1.82) is 0 Å². The Morgan fingerprint density at radius 2 is 2.20 bits per heavy atom. The number of nitrogens with zero attached hydrogens (tertiary/aromatic N) is 2. The normalized spacial score (nSPS) is 16.0. The summed E-state index contributed by atoms with van der Waals surface area (Å²) in [7, 11) is 0. The summed E-state index contributed by atoms with van der Waals surface area (Å²) in [4.78, 5) is 25.2. The summed E-state index contributed by atoms with van der Waals surface area (Å²) in [5, 5.41) is 6.62. The van der Waals surface area contributed by atoms with Crippen molar-refractivity contribution < 1.29 is 18.8 Å². The first-order chi connectivity index (χ1) is 9.61. The van der Waals surface area contributed by atoms with Crippen molar-refractivity contribution in [3.05, 3.63) is 17.5 Å². The van der Waals surface area contributed by atoms with Gasteiger partial charge in [-0.05, 0) is 26.7 Å². The predicted molar refractivity (Wildman–Crippen MR) is 70.3 cm³/mol. The molecule has 0 saturated carbocycles. The van der Waals surface area contributed by atoms with Gasteiger partial charge in [-0.1, -0.05) is 5.16 Å². The van der Waals surface area contributed by atoms with E-state index in [9.17, 15) is 9.59 Å². The fraction of sp³-hybridized carbons (Fsp3) is 0.615. The molecule has 0 aromatic carbocycles. The lowest BCUT2D eigenvalue weighted by Gasteiger charge is -2.31. The number of carbonyl (C=O) groups is 2. The van der Waals surface area contributed by atoms with Gasteiger partial charge in [0.15, 0.2) is 0 Å². The van der Waals surface area contributed by atoms with Crippen LogP contribution >= 0.6 is 0 Å². The number of aromatic nitrogens is 1. The molecule has 2 amide bonds. The minimum absolute atomic E-state index is 0.0578. The van der Waals surface area contributed by atoms with E-state index in [1.165, 1.54) is 6.26 Å². The highest BCUT2D eigenvalue weighted by Gasteiger charge is 2.25. The van der Waals surface area contributed by atoms with Crippen LogP contribution < -0.4 is 5.32 Å². The Morgan fingerprint density at radius 1 is 1.50 bits per heavy atom. The first-order valence-electron chi connectivity index (χ1n) is 6.75. The Labute approximate surface area is 117 Å². The molecule has 0 spiro atoms. The minimum atomic E-state index is -0.285. The first-order valence-corrected chi connectivity index (χ1v) is 6.75. The minimum Gasteiger partial charge on any atom is -0.450 e. The second-order valence-corrected chi connectivity index (χ2v) is 4.75. The summed E-state index contributed by atoms with van der Waals surface area (Å²) in [5.74, 6) is -0.182. The topological polar surface area (TPSA) is 84.7 Å². The zero-order valence-corrected chi connectivity index (χ0v) is 11.7. The predicted octanol–water partition coefficient (Wildman–Crippen LogP) is 1.33. The maximum Gasteiger partial charge on any atom is 0.409 e. The van der Waals surface area contributed by atoms with E-state index in [-0.39, 0.29) is 18.0 Å². The highest BCUT2D eigenvalue weighted by atomic mass is 16.6. The van der Waals surface area contributed by atoms with Crippen molar-refractivity contribution in [2.24, 2.45) is 0 Å². The first kappa shape index (κ1) is 14.4. The second kappa shape index (κ2) is 6.40. The molecule has 1 aromatic rings. The average molecular weight is 281 g/mol. The molecule has 0 radical (unpaired) electrons. The number of aryl methyl sites for hydroxylation is 1. The molecule has 1 N–H and O–H groups in total. The van der Waals surface area contributed by atoms with Crippen LogP contribution in [0, 0.1) is 6.92 Å². The summed E-state index contributed by atoms with van der Waals surface area (Å²) < 4.78 is 9.70. The van der Waals surface area contributed by atoms with Crippen molar-refractivity contribution in [3.63, 3.8) is 0 Å². The van der Waals surface area contributed by atoms with Crippen LogP contribution in [0.4, 0.5) is 4.79 Å². The van der Waals surface area contributed by atoms with Crippen LogP contribution in [0.3, 0.4) is 0 Å². The largest absolute Gasteiger partial charge is 0.450 e. The van der Waals surface area contributed by atoms with E-state index < -0.39 is 0 Å². The number of carbonyl (C=O) groups excluding carboxylic acids is 2. The van der Waals surface area contributed by atoms with E-state index in [1.54, 1.807) is 18.7 Å². The van der Waals surface area contributed by atoms with Crippen molar-refractivity contribution in [2.45, 2.75) is 32.7 Å². The van der Waals surface area contributed by atoms with Crippen LogP contribution in [-0.2, 0) is 4.74 Å². The van der Waals surface area contributed by atoms with Gasteiger partial charge >= 0.3 is 6.09 Å². The number of amides is 2. The fourth-order valence-corrected chi connectivity index (χ4v) is 2.19. The Hall–Kier alpha value is -2.05. The van der Waals surface area contributed by atoms with Gasteiger partial charge in [0.2, 0.25) is 0 Å². The molecule has 2 rings (SSSR count). The molecular formula is C13H19N3O4. The van der Waals surface area contributed by atoms with Crippen molar-refractivity contribution in [1.82, 2.24) is 15.4 Å². The molecule has 1 aliphatic heterocycles. The van der Waals surface area contributed by atoms with Crippen LogP contribution in [0.2, 0.25) is 0 Å².